The Balaban J connectivity index is 2.76. The summed E-state index contributed by atoms with van der Waals surface area (Å²) in [6.07, 6.45) is 1.37. The molecule has 0 aromatic carbocycles. The molecule has 1 fully saturated rings. The van der Waals surface area contributed by atoms with Crippen LogP contribution in [0.5, 0.6) is 0 Å². The molecule has 1 aliphatic carbocycles. The third-order valence-corrected chi connectivity index (χ3v) is 3.63. The van der Waals surface area contributed by atoms with Crippen molar-refractivity contribution in [2.75, 3.05) is 5.33 Å². The van der Waals surface area contributed by atoms with Crippen LogP contribution in [0.1, 0.15) is 26.2 Å². The van der Waals surface area contributed by atoms with Crippen molar-refractivity contribution < 1.29 is 8.78 Å². The van der Waals surface area contributed by atoms with Crippen molar-refractivity contribution in [1.82, 2.24) is 0 Å². The number of halogens is 3. The molecule has 0 saturated heterocycles. The molecule has 0 radical (unpaired) electrons. The lowest BCUT2D eigenvalue weighted by Crippen LogP contribution is -2.34. The maximum atomic E-state index is 13.0. The molecular formula is C7H11BrF2. The van der Waals surface area contributed by atoms with Crippen molar-refractivity contribution in [3.63, 3.8) is 0 Å². The SMILES string of the molecule is C[C@]1(CBr)CCCC1(F)F. The van der Waals surface area contributed by atoms with E-state index in [0.29, 0.717) is 18.2 Å². The second kappa shape index (κ2) is 2.43. The molecule has 10 heavy (non-hydrogen) atoms. The van der Waals surface area contributed by atoms with Gasteiger partial charge < -0.3 is 0 Å². The van der Waals surface area contributed by atoms with E-state index in [2.05, 4.69) is 15.9 Å². The first-order valence-corrected chi connectivity index (χ1v) is 4.58. The van der Waals surface area contributed by atoms with Crippen LogP contribution in [-0.4, -0.2) is 11.3 Å². The number of hydrogen-bond donors (Lipinski definition) is 0. The zero-order valence-corrected chi connectivity index (χ0v) is 7.55. The average Bonchev–Trinajstić information content (AvgIpc) is 2.10. The molecule has 3 heteroatoms. The Bertz CT molecular complexity index is 136. The maximum absolute atomic E-state index is 13.0. The average molecular weight is 213 g/mol. The highest BCUT2D eigenvalue weighted by molar-refractivity contribution is 9.09. The third kappa shape index (κ3) is 1.09. The minimum absolute atomic E-state index is 0.0646. The molecule has 0 heterocycles. The van der Waals surface area contributed by atoms with Crippen molar-refractivity contribution in [2.45, 2.75) is 32.1 Å². The molecule has 0 bridgehead atoms. The second-order valence-corrected chi connectivity index (χ2v) is 3.81. The first kappa shape index (κ1) is 8.44. The number of alkyl halides is 3. The molecular weight excluding hydrogens is 202 g/mol. The monoisotopic (exact) mass is 212 g/mol. The van der Waals surface area contributed by atoms with Crippen molar-refractivity contribution in [3.05, 3.63) is 0 Å². The highest BCUT2D eigenvalue weighted by Crippen LogP contribution is 2.50. The van der Waals surface area contributed by atoms with E-state index in [-0.39, 0.29) is 6.42 Å². The van der Waals surface area contributed by atoms with Gasteiger partial charge in [-0.05, 0) is 12.8 Å². The topological polar surface area (TPSA) is 0 Å². The first-order chi connectivity index (χ1) is 4.52. The highest BCUT2D eigenvalue weighted by atomic mass is 79.9. The zero-order valence-electron chi connectivity index (χ0n) is 5.96. The molecule has 0 nitrogen and oxygen atoms in total. The minimum Gasteiger partial charge on any atom is -0.206 e. The quantitative estimate of drug-likeness (QED) is 0.586. The van der Waals surface area contributed by atoms with E-state index in [1.807, 2.05) is 0 Å². The van der Waals surface area contributed by atoms with Gasteiger partial charge in [0.05, 0.1) is 0 Å². The third-order valence-electron chi connectivity index (χ3n) is 2.40. The lowest BCUT2D eigenvalue weighted by atomic mass is 9.88. The van der Waals surface area contributed by atoms with Gasteiger partial charge in [0.2, 0.25) is 0 Å². The summed E-state index contributed by atoms with van der Waals surface area (Å²) >= 11 is 3.13. The molecule has 0 N–H and O–H groups in total. The standard InChI is InChI=1S/C7H11BrF2/c1-6(5-8)3-2-4-7(6,9)10/h2-5H2,1H3/t6-/m1/s1. The molecule has 1 aliphatic rings. The maximum Gasteiger partial charge on any atom is 0.254 e. The lowest BCUT2D eigenvalue weighted by molar-refractivity contribution is -0.0772. The molecule has 60 valence electrons. The first-order valence-electron chi connectivity index (χ1n) is 3.46. The van der Waals surface area contributed by atoms with Crippen LogP contribution in [0.3, 0.4) is 0 Å². The fraction of sp³-hybridized carbons (Fsp3) is 1.00. The fourth-order valence-corrected chi connectivity index (χ4v) is 2.04. The summed E-state index contributed by atoms with van der Waals surface area (Å²) in [7, 11) is 0. The summed E-state index contributed by atoms with van der Waals surface area (Å²) in [5, 5.41) is 0.410. The van der Waals surface area contributed by atoms with Crippen LogP contribution in [0.2, 0.25) is 0 Å². The Morgan fingerprint density at radius 3 is 2.20 bits per heavy atom. The summed E-state index contributed by atoms with van der Waals surface area (Å²) in [5.74, 6) is -2.45. The molecule has 0 unspecified atom stereocenters. The van der Waals surface area contributed by atoms with E-state index in [4.69, 9.17) is 0 Å². The lowest BCUT2D eigenvalue weighted by Gasteiger charge is -2.28. The molecule has 0 spiro atoms. The molecule has 1 rings (SSSR count). The highest BCUT2D eigenvalue weighted by Gasteiger charge is 2.52. The fourth-order valence-electron chi connectivity index (χ4n) is 1.35. The van der Waals surface area contributed by atoms with Crippen LogP contribution in [-0.2, 0) is 0 Å². The Hall–Kier alpha value is 0.340. The van der Waals surface area contributed by atoms with E-state index in [1.54, 1.807) is 6.92 Å². The van der Waals surface area contributed by atoms with Gasteiger partial charge in [0.1, 0.15) is 0 Å². The largest absolute Gasteiger partial charge is 0.254 e. The van der Waals surface area contributed by atoms with Crippen molar-refractivity contribution in [2.24, 2.45) is 5.41 Å². The summed E-state index contributed by atoms with van der Waals surface area (Å²) in [5.41, 5.74) is -0.785. The Labute approximate surface area is 68.1 Å². The Morgan fingerprint density at radius 1 is 1.40 bits per heavy atom. The summed E-state index contributed by atoms with van der Waals surface area (Å²) in [6.45, 7) is 1.65. The Kier molecular flexibility index (Phi) is 2.05. The molecule has 0 aromatic rings. The minimum atomic E-state index is -2.45. The van der Waals surface area contributed by atoms with E-state index in [9.17, 15) is 8.78 Å². The van der Waals surface area contributed by atoms with E-state index < -0.39 is 11.3 Å². The van der Waals surface area contributed by atoms with Gasteiger partial charge in [0, 0.05) is 17.2 Å². The smallest absolute Gasteiger partial charge is 0.206 e. The predicted octanol–water partition coefficient (Wildman–Crippen LogP) is 3.21. The van der Waals surface area contributed by atoms with Gasteiger partial charge in [0.25, 0.3) is 5.92 Å². The summed E-state index contributed by atoms with van der Waals surface area (Å²) < 4.78 is 25.9. The van der Waals surface area contributed by atoms with E-state index >= 15 is 0 Å². The van der Waals surface area contributed by atoms with Crippen LogP contribution < -0.4 is 0 Å². The number of rotatable bonds is 1. The summed E-state index contributed by atoms with van der Waals surface area (Å²) in [4.78, 5) is 0. The van der Waals surface area contributed by atoms with Gasteiger partial charge in [-0.2, -0.15) is 0 Å². The van der Waals surface area contributed by atoms with Crippen LogP contribution in [0.15, 0.2) is 0 Å². The zero-order chi connectivity index (χ0) is 7.83. The van der Waals surface area contributed by atoms with Gasteiger partial charge in [-0.25, -0.2) is 8.78 Å². The molecule has 0 aliphatic heterocycles. The van der Waals surface area contributed by atoms with Gasteiger partial charge in [-0.3, -0.25) is 0 Å². The normalized spacial score (nSPS) is 38.4. The van der Waals surface area contributed by atoms with Crippen molar-refractivity contribution in [1.29, 1.82) is 0 Å². The second-order valence-electron chi connectivity index (χ2n) is 3.25. The molecule has 1 atom stereocenters. The van der Waals surface area contributed by atoms with E-state index in [0.717, 1.165) is 0 Å². The molecule has 1 saturated carbocycles. The van der Waals surface area contributed by atoms with Gasteiger partial charge in [-0.15, -0.1) is 0 Å². The van der Waals surface area contributed by atoms with Crippen molar-refractivity contribution >= 4 is 15.9 Å². The van der Waals surface area contributed by atoms with Crippen LogP contribution in [0.4, 0.5) is 8.78 Å². The predicted molar refractivity (Wildman–Crippen MR) is 40.7 cm³/mol. The van der Waals surface area contributed by atoms with Gasteiger partial charge in [0.15, 0.2) is 0 Å². The van der Waals surface area contributed by atoms with Crippen molar-refractivity contribution in [3.8, 4) is 0 Å². The van der Waals surface area contributed by atoms with Crippen LogP contribution >= 0.6 is 15.9 Å². The molecule has 0 aromatic heterocycles. The molecule has 0 amide bonds. The van der Waals surface area contributed by atoms with E-state index in [1.165, 1.54) is 0 Å². The van der Waals surface area contributed by atoms with Gasteiger partial charge in [-0.1, -0.05) is 22.9 Å². The van der Waals surface area contributed by atoms with Crippen LogP contribution in [0, 0.1) is 5.41 Å². The summed E-state index contributed by atoms with van der Waals surface area (Å²) in [6, 6.07) is 0. The Morgan fingerprint density at radius 2 is 2.00 bits per heavy atom. The van der Waals surface area contributed by atoms with Crippen LogP contribution in [0.25, 0.3) is 0 Å². The van der Waals surface area contributed by atoms with Gasteiger partial charge >= 0.3 is 0 Å². The number of hydrogen-bond acceptors (Lipinski definition) is 0.